The molecule has 4 nitrogen and oxygen atoms in total. The second kappa shape index (κ2) is 6.85. The summed E-state index contributed by atoms with van der Waals surface area (Å²) >= 11 is 1.46. The molecule has 0 fully saturated rings. The van der Waals surface area contributed by atoms with Crippen molar-refractivity contribution in [2.45, 2.75) is 19.1 Å². The van der Waals surface area contributed by atoms with E-state index in [0.717, 1.165) is 5.56 Å². The lowest BCUT2D eigenvalue weighted by atomic mass is 9.99. The van der Waals surface area contributed by atoms with E-state index < -0.39 is 18.1 Å². The molecule has 7 heteroatoms. The van der Waals surface area contributed by atoms with Crippen molar-refractivity contribution in [3.63, 3.8) is 0 Å². The standard InChI is InChI=1S/C15H15F2NO3S/c1-15(20,11-6-7-22-8-11)9-18-13(19)10-2-4-12(5-3-10)21-14(16)17/h2-8,14,20H,9H2,1H3,(H,18,19). The van der Waals surface area contributed by atoms with Gasteiger partial charge in [0.15, 0.2) is 0 Å². The van der Waals surface area contributed by atoms with Gasteiger partial charge in [0.2, 0.25) is 0 Å². The number of rotatable bonds is 6. The van der Waals surface area contributed by atoms with Gasteiger partial charge in [-0.15, -0.1) is 0 Å². The average Bonchev–Trinajstić information content (AvgIpc) is 3.00. The summed E-state index contributed by atoms with van der Waals surface area (Å²) in [6, 6.07) is 7.13. The van der Waals surface area contributed by atoms with Gasteiger partial charge in [-0.25, -0.2) is 0 Å². The highest BCUT2D eigenvalue weighted by Crippen LogP contribution is 2.22. The quantitative estimate of drug-likeness (QED) is 0.857. The number of benzene rings is 1. The van der Waals surface area contributed by atoms with Crippen molar-refractivity contribution in [1.82, 2.24) is 5.32 Å². The van der Waals surface area contributed by atoms with Crippen LogP contribution >= 0.6 is 11.3 Å². The molecule has 22 heavy (non-hydrogen) atoms. The molecule has 0 radical (unpaired) electrons. The highest BCUT2D eigenvalue weighted by molar-refractivity contribution is 7.08. The van der Waals surface area contributed by atoms with E-state index in [1.54, 1.807) is 13.0 Å². The number of carbonyl (C=O) groups is 1. The fraction of sp³-hybridized carbons (Fsp3) is 0.267. The van der Waals surface area contributed by atoms with Crippen LogP contribution in [0.3, 0.4) is 0 Å². The number of carbonyl (C=O) groups excluding carboxylic acids is 1. The maximum Gasteiger partial charge on any atom is 0.387 e. The second-order valence-corrected chi connectivity index (χ2v) is 5.65. The predicted octanol–water partition coefficient (Wildman–Crippen LogP) is 2.99. The molecule has 0 saturated carbocycles. The van der Waals surface area contributed by atoms with E-state index in [9.17, 15) is 18.7 Å². The third-order valence-corrected chi connectivity index (χ3v) is 3.76. The van der Waals surface area contributed by atoms with Crippen molar-refractivity contribution in [1.29, 1.82) is 0 Å². The summed E-state index contributed by atoms with van der Waals surface area (Å²) in [5.74, 6) is -0.420. The Balaban J connectivity index is 1.95. The smallest absolute Gasteiger partial charge is 0.387 e. The van der Waals surface area contributed by atoms with Crippen LogP contribution in [0.4, 0.5) is 8.78 Å². The van der Waals surface area contributed by atoms with Crippen molar-refractivity contribution in [2.75, 3.05) is 6.54 Å². The number of hydrogen-bond acceptors (Lipinski definition) is 4. The zero-order valence-corrected chi connectivity index (χ0v) is 12.6. The van der Waals surface area contributed by atoms with Crippen LogP contribution in [0.5, 0.6) is 5.75 Å². The van der Waals surface area contributed by atoms with E-state index in [-0.39, 0.29) is 12.3 Å². The van der Waals surface area contributed by atoms with Crippen LogP contribution in [0.15, 0.2) is 41.1 Å². The van der Waals surface area contributed by atoms with Crippen molar-refractivity contribution in [3.8, 4) is 5.75 Å². The number of ether oxygens (including phenoxy) is 1. The number of thiophene rings is 1. The van der Waals surface area contributed by atoms with E-state index in [4.69, 9.17) is 0 Å². The van der Waals surface area contributed by atoms with Gasteiger partial charge < -0.3 is 15.2 Å². The zero-order chi connectivity index (χ0) is 16.2. The molecule has 1 aromatic heterocycles. The Hall–Kier alpha value is -1.99. The van der Waals surface area contributed by atoms with Gasteiger partial charge in [-0.1, -0.05) is 0 Å². The molecule has 1 atom stereocenters. The molecule has 0 spiro atoms. The monoisotopic (exact) mass is 327 g/mol. The number of aliphatic hydroxyl groups is 1. The lowest BCUT2D eigenvalue weighted by Gasteiger charge is -2.22. The Kier molecular flexibility index (Phi) is 5.10. The Morgan fingerprint density at radius 2 is 2.05 bits per heavy atom. The molecule has 0 aliphatic rings. The lowest BCUT2D eigenvalue weighted by Crippen LogP contribution is -2.38. The van der Waals surface area contributed by atoms with Crippen molar-refractivity contribution in [3.05, 3.63) is 52.2 Å². The third-order valence-electron chi connectivity index (χ3n) is 3.08. The van der Waals surface area contributed by atoms with Gasteiger partial charge in [-0.05, 0) is 53.6 Å². The second-order valence-electron chi connectivity index (χ2n) is 4.87. The maximum absolute atomic E-state index is 12.0. The van der Waals surface area contributed by atoms with E-state index >= 15 is 0 Å². The Bertz CT molecular complexity index is 612. The molecule has 1 amide bonds. The minimum atomic E-state index is -2.90. The summed E-state index contributed by atoms with van der Waals surface area (Å²) in [5.41, 5.74) is -0.157. The highest BCUT2D eigenvalue weighted by atomic mass is 32.1. The summed E-state index contributed by atoms with van der Waals surface area (Å²) in [7, 11) is 0. The Morgan fingerprint density at radius 3 is 2.59 bits per heavy atom. The molecular weight excluding hydrogens is 312 g/mol. The Morgan fingerprint density at radius 1 is 1.36 bits per heavy atom. The summed E-state index contributed by atoms with van der Waals surface area (Å²) < 4.78 is 28.3. The van der Waals surface area contributed by atoms with Gasteiger partial charge >= 0.3 is 6.61 Å². The van der Waals surface area contributed by atoms with Gasteiger partial charge in [0.25, 0.3) is 5.91 Å². The van der Waals surface area contributed by atoms with Crippen LogP contribution in [-0.2, 0) is 5.60 Å². The largest absolute Gasteiger partial charge is 0.435 e. The molecule has 118 valence electrons. The molecule has 0 saturated heterocycles. The molecule has 0 aliphatic heterocycles. The third kappa shape index (κ3) is 4.25. The van der Waals surface area contributed by atoms with Crippen LogP contribution in [-0.4, -0.2) is 24.2 Å². The number of hydrogen-bond donors (Lipinski definition) is 2. The minimum absolute atomic E-state index is 0.0168. The van der Waals surface area contributed by atoms with Gasteiger partial charge in [0, 0.05) is 5.56 Å². The Labute approximate surface area is 130 Å². The van der Waals surface area contributed by atoms with E-state index in [1.807, 2.05) is 10.8 Å². The number of alkyl halides is 2. The van der Waals surface area contributed by atoms with Crippen molar-refractivity contribution >= 4 is 17.2 Å². The highest BCUT2D eigenvalue weighted by Gasteiger charge is 2.24. The van der Waals surface area contributed by atoms with Gasteiger partial charge in [0.1, 0.15) is 11.4 Å². The molecule has 1 unspecified atom stereocenters. The molecule has 1 heterocycles. The van der Waals surface area contributed by atoms with E-state index in [0.29, 0.717) is 5.56 Å². The molecule has 2 aromatic rings. The molecular formula is C15H15F2NO3S. The fourth-order valence-electron chi connectivity index (χ4n) is 1.82. The maximum atomic E-state index is 12.0. The summed E-state index contributed by atoms with van der Waals surface area (Å²) in [6.07, 6.45) is 0. The van der Waals surface area contributed by atoms with Crippen molar-refractivity contribution in [2.24, 2.45) is 0 Å². The molecule has 0 aliphatic carbocycles. The van der Waals surface area contributed by atoms with Crippen molar-refractivity contribution < 1.29 is 23.4 Å². The summed E-state index contributed by atoms with van der Waals surface area (Å²) in [6.45, 7) is -1.26. The first-order valence-corrected chi connectivity index (χ1v) is 7.41. The van der Waals surface area contributed by atoms with E-state index in [1.165, 1.54) is 35.6 Å². The van der Waals surface area contributed by atoms with E-state index in [2.05, 4.69) is 10.1 Å². The minimum Gasteiger partial charge on any atom is -0.435 e. The predicted molar refractivity (Wildman–Crippen MR) is 79.3 cm³/mol. The van der Waals surface area contributed by atoms with Gasteiger partial charge in [-0.2, -0.15) is 20.1 Å². The average molecular weight is 327 g/mol. The number of nitrogens with one attached hydrogen (secondary N) is 1. The fourth-order valence-corrected chi connectivity index (χ4v) is 2.60. The lowest BCUT2D eigenvalue weighted by molar-refractivity contribution is -0.0498. The zero-order valence-electron chi connectivity index (χ0n) is 11.8. The van der Waals surface area contributed by atoms with Crippen LogP contribution < -0.4 is 10.1 Å². The van der Waals surface area contributed by atoms with Crippen LogP contribution in [0, 0.1) is 0 Å². The topological polar surface area (TPSA) is 58.6 Å². The number of amides is 1. The molecule has 2 N–H and O–H groups in total. The van der Waals surface area contributed by atoms with Gasteiger partial charge in [0.05, 0.1) is 6.54 Å². The van der Waals surface area contributed by atoms with Crippen LogP contribution in [0.1, 0.15) is 22.8 Å². The SMILES string of the molecule is CC(O)(CNC(=O)c1ccc(OC(F)F)cc1)c1ccsc1. The van der Waals surface area contributed by atoms with Crippen LogP contribution in [0.25, 0.3) is 0 Å². The summed E-state index contributed by atoms with van der Waals surface area (Å²) in [4.78, 5) is 12.0. The molecule has 0 bridgehead atoms. The normalized spacial score (nSPS) is 13.7. The van der Waals surface area contributed by atoms with Crippen LogP contribution in [0.2, 0.25) is 0 Å². The first-order chi connectivity index (χ1) is 10.4. The summed E-state index contributed by atoms with van der Waals surface area (Å²) in [5, 5.41) is 16.6. The molecule has 2 rings (SSSR count). The first-order valence-electron chi connectivity index (χ1n) is 6.46. The van der Waals surface area contributed by atoms with Gasteiger partial charge in [-0.3, -0.25) is 4.79 Å². The number of halogens is 2. The molecule has 1 aromatic carbocycles. The first kappa shape index (κ1) is 16.4.